The fraction of sp³-hybridized carbons (Fsp3) is 0.526. The maximum atomic E-state index is 11.3. The molecular weight excluding hydrogens is 304 g/mol. The molecular formula is C19H24N2O3. The van der Waals surface area contributed by atoms with Gasteiger partial charge in [0, 0.05) is 50.3 Å². The number of nitrogens with zero attached hydrogens (tertiary/aromatic N) is 2. The molecule has 4 rings (SSSR count). The van der Waals surface area contributed by atoms with E-state index in [0.29, 0.717) is 0 Å². The first kappa shape index (κ1) is 15.7. The molecule has 0 unspecified atom stereocenters. The highest BCUT2D eigenvalue weighted by molar-refractivity contribution is 5.89. The molecule has 1 saturated heterocycles. The van der Waals surface area contributed by atoms with Crippen molar-refractivity contribution >= 4 is 16.9 Å². The number of fused-ring (bicyclic) bond motifs is 2. The topological polar surface area (TPSA) is 54.7 Å². The van der Waals surface area contributed by atoms with Crippen molar-refractivity contribution in [3.05, 3.63) is 35.5 Å². The van der Waals surface area contributed by atoms with Crippen molar-refractivity contribution < 1.29 is 14.6 Å². The van der Waals surface area contributed by atoms with Gasteiger partial charge in [-0.2, -0.15) is 0 Å². The predicted molar refractivity (Wildman–Crippen MR) is 92.1 cm³/mol. The number of aromatic nitrogens is 1. The molecule has 5 nitrogen and oxygen atoms in total. The molecule has 1 fully saturated rings. The fourth-order valence-electron chi connectivity index (χ4n) is 5.10. The van der Waals surface area contributed by atoms with Crippen molar-refractivity contribution in [2.75, 3.05) is 20.7 Å². The quantitative estimate of drug-likeness (QED) is 0.940. The van der Waals surface area contributed by atoms with Crippen LogP contribution in [0.4, 0.5) is 0 Å². The Morgan fingerprint density at radius 3 is 2.92 bits per heavy atom. The van der Waals surface area contributed by atoms with Gasteiger partial charge >= 0.3 is 5.97 Å². The zero-order valence-corrected chi connectivity index (χ0v) is 14.5. The van der Waals surface area contributed by atoms with Crippen LogP contribution in [0.25, 0.3) is 10.9 Å². The van der Waals surface area contributed by atoms with Crippen LogP contribution in [0.5, 0.6) is 0 Å². The Hall–Kier alpha value is -1.85. The van der Waals surface area contributed by atoms with Crippen LogP contribution in [0.2, 0.25) is 0 Å². The summed E-state index contributed by atoms with van der Waals surface area (Å²) in [7, 11) is 5.96. The SMILES string of the molecule is CO[C@]12C[C@@H](CC(=O)O)CN(C)[C@@H]1Cc1cn(C)c3cccc2c13. The minimum atomic E-state index is -0.729. The van der Waals surface area contributed by atoms with E-state index in [2.05, 4.69) is 48.0 Å². The zero-order chi connectivity index (χ0) is 17.1. The van der Waals surface area contributed by atoms with Gasteiger partial charge in [-0.1, -0.05) is 12.1 Å². The van der Waals surface area contributed by atoms with Crippen LogP contribution in [0.15, 0.2) is 24.4 Å². The Bertz CT molecular complexity index is 812. The summed E-state index contributed by atoms with van der Waals surface area (Å²) in [4.78, 5) is 13.6. The first-order valence-electron chi connectivity index (χ1n) is 8.51. The van der Waals surface area contributed by atoms with Crippen molar-refractivity contribution in [3.63, 3.8) is 0 Å². The minimum absolute atomic E-state index is 0.101. The number of carbonyl (C=O) groups is 1. The standard InChI is InChI=1S/C19H24N2O3/c1-20-11-13-8-16-19(24-3,14-5-4-6-15(20)18(13)14)9-12(7-17(22)23)10-21(16)2/h4-6,11-12,16H,7-10H2,1-3H3,(H,22,23)/t12-,16-,19+/m1/s1. The van der Waals surface area contributed by atoms with E-state index < -0.39 is 11.6 Å². The van der Waals surface area contributed by atoms with Crippen LogP contribution in [-0.2, 0) is 28.6 Å². The average molecular weight is 328 g/mol. The van der Waals surface area contributed by atoms with Gasteiger partial charge in [0.2, 0.25) is 0 Å². The minimum Gasteiger partial charge on any atom is -0.481 e. The van der Waals surface area contributed by atoms with E-state index in [4.69, 9.17) is 4.74 Å². The molecule has 2 aliphatic rings. The highest BCUT2D eigenvalue weighted by Gasteiger charge is 2.51. The Balaban J connectivity index is 1.90. The highest BCUT2D eigenvalue weighted by Crippen LogP contribution is 2.50. The second kappa shape index (κ2) is 5.33. The first-order valence-corrected chi connectivity index (χ1v) is 8.51. The molecule has 24 heavy (non-hydrogen) atoms. The molecule has 0 bridgehead atoms. The van der Waals surface area contributed by atoms with Gasteiger partial charge in [0.25, 0.3) is 0 Å². The van der Waals surface area contributed by atoms with Crippen molar-refractivity contribution in [1.29, 1.82) is 0 Å². The molecule has 1 aromatic carbocycles. The lowest BCUT2D eigenvalue weighted by Crippen LogP contribution is -2.59. The molecule has 3 atom stereocenters. The van der Waals surface area contributed by atoms with Gasteiger partial charge < -0.3 is 14.4 Å². The van der Waals surface area contributed by atoms with Gasteiger partial charge in [-0.25, -0.2) is 0 Å². The lowest BCUT2D eigenvalue weighted by Gasteiger charge is -2.53. The number of aliphatic carboxylic acids is 1. The summed E-state index contributed by atoms with van der Waals surface area (Å²) in [5.41, 5.74) is 3.38. The van der Waals surface area contributed by atoms with Gasteiger partial charge in [-0.05, 0) is 43.0 Å². The molecule has 0 radical (unpaired) electrons. The maximum absolute atomic E-state index is 11.3. The van der Waals surface area contributed by atoms with E-state index >= 15 is 0 Å². The maximum Gasteiger partial charge on any atom is 0.303 e. The van der Waals surface area contributed by atoms with E-state index in [1.807, 2.05) is 0 Å². The number of benzene rings is 1. The van der Waals surface area contributed by atoms with Gasteiger partial charge in [0.15, 0.2) is 0 Å². The van der Waals surface area contributed by atoms with Gasteiger partial charge in [-0.3, -0.25) is 9.69 Å². The molecule has 0 spiro atoms. The smallest absolute Gasteiger partial charge is 0.303 e. The van der Waals surface area contributed by atoms with Crippen LogP contribution >= 0.6 is 0 Å². The number of likely N-dealkylation sites (N-methyl/N-ethyl adjacent to an activating group) is 1. The number of aryl methyl sites for hydroxylation is 1. The summed E-state index contributed by atoms with van der Waals surface area (Å²) in [6, 6.07) is 6.64. The molecule has 1 aromatic heterocycles. The third-order valence-corrected chi connectivity index (χ3v) is 6.00. The third kappa shape index (κ3) is 2.04. The Kier molecular flexibility index (Phi) is 3.48. The molecule has 0 saturated carbocycles. The number of carboxylic acid groups (broad SMARTS) is 1. The van der Waals surface area contributed by atoms with E-state index in [-0.39, 0.29) is 18.4 Å². The second-order valence-electron chi connectivity index (χ2n) is 7.39. The first-order chi connectivity index (χ1) is 11.5. The fourth-order valence-corrected chi connectivity index (χ4v) is 5.10. The molecule has 128 valence electrons. The summed E-state index contributed by atoms with van der Waals surface area (Å²) in [6.45, 7) is 0.806. The van der Waals surface area contributed by atoms with Crippen LogP contribution in [-0.4, -0.2) is 47.3 Å². The van der Waals surface area contributed by atoms with E-state index in [1.165, 1.54) is 22.0 Å². The Morgan fingerprint density at radius 2 is 2.21 bits per heavy atom. The van der Waals surface area contributed by atoms with E-state index in [1.54, 1.807) is 7.11 Å². The molecule has 1 aliphatic carbocycles. The summed E-state index contributed by atoms with van der Waals surface area (Å²) in [5, 5.41) is 10.5. The summed E-state index contributed by atoms with van der Waals surface area (Å²) >= 11 is 0. The summed E-state index contributed by atoms with van der Waals surface area (Å²) < 4.78 is 8.36. The van der Waals surface area contributed by atoms with Crippen LogP contribution in [0, 0.1) is 5.92 Å². The van der Waals surface area contributed by atoms with Gasteiger partial charge in [0.05, 0.1) is 0 Å². The average Bonchev–Trinajstić information content (AvgIpc) is 2.86. The summed E-state index contributed by atoms with van der Waals surface area (Å²) in [6.07, 6.45) is 4.13. The number of methoxy groups -OCH3 is 1. The monoisotopic (exact) mass is 328 g/mol. The molecule has 1 N–H and O–H groups in total. The molecule has 5 heteroatoms. The van der Waals surface area contributed by atoms with Crippen molar-refractivity contribution in [3.8, 4) is 0 Å². The van der Waals surface area contributed by atoms with Crippen LogP contribution < -0.4 is 0 Å². The second-order valence-corrected chi connectivity index (χ2v) is 7.39. The van der Waals surface area contributed by atoms with Gasteiger partial charge in [-0.15, -0.1) is 0 Å². The van der Waals surface area contributed by atoms with Gasteiger partial charge in [0.1, 0.15) is 5.60 Å². The number of hydrogen-bond acceptors (Lipinski definition) is 3. The Morgan fingerprint density at radius 1 is 1.42 bits per heavy atom. The predicted octanol–water partition coefficient (Wildman–Crippen LogP) is 2.37. The van der Waals surface area contributed by atoms with Crippen LogP contribution in [0.1, 0.15) is 24.0 Å². The van der Waals surface area contributed by atoms with Crippen molar-refractivity contribution in [1.82, 2.24) is 9.47 Å². The highest BCUT2D eigenvalue weighted by atomic mass is 16.5. The molecule has 2 aromatic rings. The normalized spacial score (nSPS) is 29.6. The van der Waals surface area contributed by atoms with E-state index in [9.17, 15) is 9.90 Å². The number of carboxylic acids is 1. The molecule has 1 aliphatic heterocycles. The number of piperidine rings is 1. The summed E-state index contributed by atoms with van der Waals surface area (Å²) in [5.74, 6) is -0.628. The lowest BCUT2D eigenvalue weighted by molar-refractivity contribution is -0.146. The lowest BCUT2D eigenvalue weighted by atomic mass is 9.68. The largest absolute Gasteiger partial charge is 0.481 e. The number of rotatable bonds is 3. The van der Waals surface area contributed by atoms with E-state index in [0.717, 1.165) is 19.4 Å². The van der Waals surface area contributed by atoms with Crippen molar-refractivity contribution in [2.24, 2.45) is 13.0 Å². The molecule has 2 heterocycles. The number of ether oxygens (including phenoxy) is 1. The molecule has 0 amide bonds. The van der Waals surface area contributed by atoms with Crippen LogP contribution in [0.3, 0.4) is 0 Å². The number of hydrogen-bond donors (Lipinski definition) is 1. The third-order valence-electron chi connectivity index (χ3n) is 6.00. The zero-order valence-electron chi connectivity index (χ0n) is 14.5. The van der Waals surface area contributed by atoms with Crippen molar-refractivity contribution in [2.45, 2.75) is 30.9 Å². The Labute approximate surface area is 141 Å². The number of likely N-dealkylation sites (tertiary alicyclic amines) is 1.